The topological polar surface area (TPSA) is 72.7 Å². The van der Waals surface area contributed by atoms with Crippen LogP contribution >= 0.6 is 34.9 Å². The highest BCUT2D eigenvalue weighted by molar-refractivity contribution is 7.99. The molecule has 10 heteroatoms. The number of nitrogens with zero attached hydrogens (tertiary/aromatic N) is 4. The van der Waals surface area contributed by atoms with Crippen LogP contribution in [0.4, 0.5) is 9.52 Å². The maximum absolute atomic E-state index is 13.0. The number of thiazole rings is 1. The Kier molecular flexibility index (Phi) is 7.79. The molecule has 0 fully saturated rings. The number of anilines is 1. The number of amides is 1. The van der Waals surface area contributed by atoms with Gasteiger partial charge in [0.05, 0.1) is 17.2 Å². The number of halogens is 1. The van der Waals surface area contributed by atoms with Crippen LogP contribution in [-0.4, -0.2) is 31.4 Å². The molecular weight excluding hydrogens is 477 g/mol. The zero-order chi connectivity index (χ0) is 23.2. The van der Waals surface area contributed by atoms with Crippen LogP contribution in [0.15, 0.2) is 59.8 Å². The number of carbonyl (C=O) groups excluding carboxylic acids is 1. The SMILES string of the molecule is Cc1sc(NC(=O)CSc2nnc(CSCc3ccc(F)cc3)n2C)nc1-c1ccccc1. The first kappa shape index (κ1) is 23.5. The number of benzene rings is 2. The van der Waals surface area contributed by atoms with Crippen LogP contribution in [0, 0.1) is 12.7 Å². The van der Waals surface area contributed by atoms with Crippen molar-refractivity contribution in [2.75, 3.05) is 11.1 Å². The normalized spacial score (nSPS) is 11.0. The first-order valence-electron chi connectivity index (χ1n) is 10.2. The summed E-state index contributed by atoms with van der Waals surface area (Å²) in [4.78, 5) is 18.1. The summed E-state index contributed by atoms with van der Waals surface area (Å²) in [6.45, 7) is 2.00. The maximum atomic E-state index is 13.0. The van der Waals surface area contributed by atoms with Gasteiger partial charge >= 0.3 is 0 Å². The molecule has 0 aliphatic carbocycles. The van der Waals surface area contributed by atoms with Gasteiger partial charge in [0, 0.05) is 23.2 Å². The molecule has 0 aliphatic heterocycles. The van der Waals surface area contributed by atoms with Gasteiger partial charge in [-0.05, 0) is 24.6 Å². The van der Waals surface area contributed by atoms with Gasteiger partial charge in [0.15, 0.2) is 10.3 Å². The van der Waals surface area contributed by atoms with Gasteiger partial charge in [0.1, 0.15) is 11.6 Å². The molecule has 2 aromatic carbocycles. The molecule has 4 aromatic rings. The highest BCUT2D eigenvalue weighted by atomic mass is 32.2. The van der Waals surface area contributed by atoms with Gasteiger partial charge in [-0.15, -0.1) is 33.3 Å². The highest BCUT2D eigenvalue weighted by Crippen LogP contribution is 2.30. The fourth-order valence-corrected chi connectivity index (χ4v) is 5.58. The minimum atomic E-state index is -0.232. The predicted octanol–water partition coefficient (Wildman–Crippen LogP) is 5.55. The van der Waals surface area contributed by atoms with E-state index in [9.17, 15) is 9.18 Å². The summed E-state index contributed by atoms with van der Waals surface area (Å²) >= 11 is 4.48. The molecule has 0 unspecified atom stereocenters. The Morgan fingerprint density at radius 1 is 1.09 bits per heavy atom. The highest BCUT2D eigenvalue weighted by Gasteiger charge is 2.14. The number of hydrogen-bond acceptors (Lipinski definition) is 7. The van der Waals surface area contributed by atoms with Gasteiger partial charge < -0.3 is 9.88 Å². The van der Waals surface area contributed by atoms with E-state index in [1.54, 1.807) is 23.9 Å². The standard InChI is InChI=1S/C23H22FN5OS3/c1-15-21(17-6-4-3-5-7-17)26-22(33-15)25-20(30)14-32-23-28-27-19(29(23)2)13-31-12-16-8-10-18(24)11-9-16/h3-11H,12-14H2,1-2H3,(H,25,26,30). The molecule has 2 heterocycles. The summed E-state index contributed by atoms with van der Waals surface area (Å²) in [5, 5.41) is 12.6. The maximum Gasteiger partial charge on any atom is 0.236 e. The quantitative estimate of drug-likeness (QED) is 0.305. The van der Waals surface area contributed by atoms with Crippen molar-refractivity contribution in [1.29, 1.82) is 0 Å². The van der Waals surface area contributed by atoms with Gasteiger partial charge in [-0.1, -0.05) is 54.2 Å². The molecule has 4 rings (SSSR count). The number of hydrogen-bond donors (Lipinski definition) is 1. The average Bonchev–Trinajstić information content (AvgIpc) is 3.36. The lowest BCUT2D eigenvalue weighted by Crippen LogP contribution is -2.14. The van der Waals surface area contributed by atoms with E-state index < -0.39 is 0 Å². The Bertz CT molecular complexity index is 1220. The van der Waals surface area contributed by atoms with E-state index >= 15 is 0 Å². The third kappa shape index (κ3) is 6.21. The average molecular weight is 500 g/mol. The lowest BCUT2D eigenvalue weighted by atomic mass is 10.1. The Morgan fingerprint density at radius 2 is 1.85 bits per heavy atom. The number of aryl methyl sites for hydroxylation is 1. The van der Waals surface area contributed by atoms with Crippen molar-refractivity contribution in [2.24, 2.45) is 7.05 Å². The first-order valence-corrected chi connectivity index (χ1v) is 13.1. The third-order valence-electron chi connectivity index (χ3n) is 4.76. The number of rotatable bonds is 9. The fourth-order valence-electron chi connectivity index (χ4n) is 3.04. The molecule has 0 saturated heterocycles. The molecule has 2 aromatic heterocycles. The molecule has 6 nitrogen and oxygen atoms in total. The van der Waals surface area contributed by atoms with Gasteiger partial charge in [-0.3, -0.25) is 4.79 Å². The van der Waals surface area contributed by atoms with Gasteiger partial charge in [0.2, 0.25) is 5.91 Å². The van der Waals surface area contributed by atoms with Crippen LogP contribution in [0.25, 0.3) is 11.3 Å². The smallest absolute Gasteiger partial charge is 0.236 e. The summed E-state index contributed by atoms with van der Waals surface area (Å²) < 4.78 is 14.9. The predicted molar refractivity (Wildman–Crippen MR) is 134 cm³/mol. The van der Waals surface area contributed by atoms with E-state index in [-0.39, 0.29) is 17.5 Å². The van der Waals surface area contributed by atoms with Gasteiger partial charge in [-0.25, -0.2) is 9.37 Å². The van der Waals surface area contributed by atoms with Crippen LogP contribution in [0.5, 0.6) is 0 Å². The Labute approximate surface area is 204 Å². The third-order valence-corrected chi connectivity index (χ3v) is 7.67. The molecule has 0 saturated carbocycles. The van der Waals surface area contributed by atoms with Gasteiger partial charge in [-0.2, -0.15) is 0 Å². The van der Waals surface area contributed by atoms with Crippen LogP contribution < -0.4 is 5.32 Å². The zero-order valence-electron chi connectivity index (χ0n) is 18.1. The first-order chi connectivity index (χ1) is 16.0. The summed E-state index contributed by atoms with van der Waals surface area (Å²) in [6, 6.07) is 16.4. The van der Waals surface area contributed by atoms with Crippen molar-refractivity contribution < 1.29 is 9.18 Å². The molecule has 1 amide bonds. The van der Waals surface area contributed by atoms with E-state index in [0.29, 0.717) is 16.0 Å². The Morgan fingerprint density at radius 3 is 2.61 bits per heavy atom. The molecule has 0 radical (unpaired) electrons. The molecule has 1 N–H and O–H groups in total. The second kappa shape index (κ2) is 11.0. The molecule has 0 atom stereocenters. The molecule has 170 valence electrons. The number of carbonyl (C=O) groups is 1. The molecule has 33 heavy (non-hydrogen) atoms. The number of aromatic nitrogens is 4. The molecular formula is C23H22FN5OS3. The second-order valence-corrected chi connectivity index (χ2v) is 10.3. The van der Waals surface area contributed by atoms with Crippen molar-refractivity contribution in [2.45, 2.75) is 23.6 Å². The largest absolute Gasteiger partial charge is 0.308 e. The minimum Gasteiger partial charge on any atom is -0.308 e. The van der Waals surface area contributed by atoms with Crippen molar-refractivity contribution in [3.8, 4) is 11.3 Å². The van der Waals surface area contributed by atoms with E-state index in [2.05, 4.69) is 20.5 Å². The fraction of sp³-hybridized carbons (Fsp3) is 0.217. The molecule has 0 bridgehead atoms. The number of nitrogens with one attached hydrogen (secondary N) is 1. The second-order valence-electron chi connectivity index (χ2n) is 7.20. The van der Waals surface area contributed by atoms with Crippen molar-refractivity contribution in [3.63, 3.8) is 0 Å². The monoisotopic (exact) mass is 499 g/mol. The minimum absolute atomic E-state index is 0.136. The summed E-state index contributed by atoms with van der Waals surface area (Å²) in [5.41, 5.74) is 2.98. The lowest BCUT2D eigenvalue weighted by Gasteiger charge is -2.04. The lowest BCUT2D eigenvalue weighted by molar-refractivity contribution is -0.113. The summed E-state index contributed by atoms with van der Waals surface area (Å²) in [6.07, 6.45) is 0. The van der Waals surface area contributed by atoms with Crippen LogP contribution in [-0.2, 0) is 23.3 Å². The van der Waals surface area contributed by atoms with Crippen LogP contribution in [0.2, 0.25) is 0 Å². The molecule has 0 aliphatic rings. The van der Waals surface area contributed by atoms with Gasteiger partial charge in [0.25, 0.3) is 0 Å². The van der Waals surface area contributed by atoms with Crippen LogP contribution in [0.3, 0.4) is 0 Å². The van der Waals surface area contributed by atoms with E-state index in [4.69, 9.17) is 0 Å². The van der Waals surface area contributed by atoms with E-state index in [0.717, 1.165) is 33.3 Å². The van der Waals surface area contributed by atoms with Crippen molar-refractivity contribution in [1.82, 2.24) is 19.7 Å². The van der Waals surface area contributed by atoms with Crippen LogP contribution in [0.1, 0.15) is 16.3 Å². The Hall–Kier alpha value is -2.69. The van der Waals surface area contributed by atoms with E-state index in [1.807, 2.05) is 48.9 Å². The zero-order valence-corrected chi connectivity index (χ0v) is 20.6. The Balaban J connectivity index is 1.27. The van der Waals surface area contributed by atoms with Crippen molar-refractivity contribution in [3.05, 3.63) is 76.7 Å². The summed E-state index contributed by atoms with van der Waals surface area (Å²) in [5.74, 6) is 2.11. The summed E-state index contributed by atoms with van der Waals surface area (Å²) in [7, 11) is 1.89. The number of thioether (sulfide) groups is 2. The van der Waals surface area contributed by atoms with Crippen molar-refractivity contribution >= 4 is 45.9 Å². The van der Waals surface area contributed by atoms with E-state index in [1.165, 1.54) is 35.2 Å². The molecule has 0 spiro atoms.